The monoisotopic (exact) mass is 337 g/mol. The van der Waals surface area contributed by atoms with Crippen molar-refractivity contribution in [2.45, 2.75) is 25.6 Å². The van der Waals surface area contributed by atoms with Crippen molar-refractivity contribution in [3.05, 3.63) is 53.6 Å². The van der Waals surface area contributed by atoms with Crippen LogP contribution in [0.2, 0.25) is 0 Å². The Bertz CT molecular complexity index is 771. The minimum Gasteiger partial charge on any atom is -0.298 e. The summed E-state index contributed by atoms with van der Waals surface area (Å²) in [7, 11) is -0.918. The first-order valence-corrected chi connectivity index (χ1v) is 9.40. The van der Waals surface area contributed by atoms with Crippen LogP contribution in [0.3, 0.4) is 0 Å². The molecule has 5 nitrogen and oxygen atoms in total. The van der Waals surface area contributed by atoms with Gasteiger partial charge in [0.15, 0.2) is 9.84 Å². The van der Waals surface area contributed by atoms with E-state index in [1.165, 1.54) is 12.1 Å². The van der Waals surface area contributed by atoms with Gasteiger partial charge in [-0.15, -0.1) is 0 Å². The summed E-state index contributed by atoms with van der Waals surface area (Å²) in [6.45, 7) is 1.26. The highest BCUT2D eigenvalue weighted by Crippen LogP contribution is 2.18. The first-order valence-electron chi connectivity index (χ1n) is 7.58. The zero-order valence-corrected chi connectivity index (χ0v) is 13.8. The summed E-state index contributed by atoms with van der Waals surface area (Å²) in [5, 5.41) is 4.32. The molecule has 1 aliphatic rings. The van der Waals surface area contributed by atoms with E-state index in [4.69, 9.17) is 0 Å². The van der Waals surface area contributed by atoms with E-state index >= 15 is 0 Å². The number of nitrogens with zero attached hydrogens (tertiary/aromatic N) is 3. The molecule has 1 fully saturated rings. The molecule has 0 unspecified atom stereocenters. The van der Waals surface area contributed by atoms with Crippen LogP contribution in [0, 0.1) is 5.82 Å². The molecule has 124 valence electrons. The van der Waals surface area contributed by atoms with E-state index in [0.717, 1.165) is 11.1 Å². The Morgan fingerprint density at radius 1 is 1.30 bits per heavy atom. The standard InChI is InChI=1S/C16H20FN3O2S/c1-19(16-6-7-23(21,22)12-16)9-14-8-18-20(11-14)10-13-2-4-15(17)5-3-13/h2-5,8,11,16H,6-7,9-10,12H2,1H3/t16-/m0/s1. The average molecular weight is 337 g/mol. The summed E-state index contributed by atoms with van der Waals surface area (Å²) in [4.78, 5) is 2.07. The van der Waals surface area contributed by atoms with Crippen LogP contribution in [0.25, 0.3) is 0 Å². The van der Waals surface area contributed by atoms with Gasteiger partial charge in [-0.05, 0) is 31.2 Å². The quantitative estimate of drug-likeness (QED) is 0.833. The van der Waals surface area contributed by atoms with Crippen molar-refractivity contribution in [3.8, 4) is 0 Å². The number of benzene rings is 1. The molecule has 1 aliphatic heterocycles. The van der Waals surface area contributed by atoms with E-state index < -0.39 is 9.84 Å². The molecule has 0 spiro atoms. The highest BCUT2D eigenvalue weighted by atomic mass is 32.2. The fourth-order valence-corrected chi connectivity index (χ4v) is 4.70. The van der Waals surface area contributed by atoms with Gasteiger partial charge in [-0.3, -0.25) is 9.58 Å². The van der Waals surface area contributed by atoms with Crippen molar-refractivity contribution < 1.29 is 12.8 Å². The average Bonchev–Trinajstić information content (AvgIpc) is 3.08. The van der Waals surface area contributed by atoms with Gasteiger partial charge < -0.3 is 0 Å². The zero-order valence-electron chi connectivity index (χ0n) is 13.0. The van der Waals surface area contributed by atoms with Gasteiger partial charge in [-0.1, -0.05) is 12.1 Å². The Kier molecular flexibility index (Phi) is 4.50. The lowest BCUT2D eigenvalue weighted by Gasteiger charge is -2.22. The maximum absolute atomic E-state index is 12.9. The first-order chi connectivity index (χ1) is 10.9. The number of rotatable bonds is 5. The van der Waals surface area contributed by atoms with Gasteiger partial charge >= 0.3 is 0 Å². The molecule has 2 heterocycles. The van der Waals surface area contributed by atoms with E-state index in [1.807, 2.05) is 17.9 Å². The number of hydrogen-bond donors (Lipinski definition) is 0. The van der Waals surface area contributed by atoms with Crippen LogP contribution in [0.4, 0.5) is 4.39 Å². The normalized spacial score (nSPS) is 20.2. The van der Waals surface area contributed by atoms with Gasteiger partial charge in [0.25, 0.3) is 0 Å². The predicted octanol–water partition coefficient (Wildman–Crippen LogP) is 1.69. The third-order valence-electron chi connectivity index (χ3n) is 4.21. The van der Waals surface area contributed by atoms with E-state index in [9.17, 15) is 12.8 Å². The maximum atomic E-state index is 12.9. The van der Waals surface area contributed by atoms with Crippen LogP contribution in [0.15, 0.2) is 36.7 Å². The molecule has 0 aliphatic carbocycles. The maximum Gasteiger partial charge on any atom is 0.151 e. The molecule has 1 aromatic heterocycles. The molecular weight excluding hydrogens is 317 g/mol. The second-order valence-corrected chi connectivity index (χ2v) is 8.37. The van der Waals surface area contributed by atoms with Gasteiger partial charge in [-0.2, -0.15) is 5.10 Å². The molecule has 23 heavy (non-hydrogen) atoms. The van der Waals surface area contributed by atoms with E-state index in [1.54, 1.807) is 18.3 Å². The fourth-order valence-electron chi connectivity index (χ4n) is 2.89. The Morgan fingerprint density at radius 3 is 2.70 bits per heavy atom. The third-order valence-corrected chi connectivity index (χ3v) is 5.96. The Hall–Kier alpha value is -1.73. The molecule has 7 heteroatoms. The van der Waals surface area contributed by atoms with Crippen molar-refractivity contribution in [1.29, 1.82) is 0 Å². The fraction of sp³-hybridized carbons (Fsp3) is 0.438. The molecule has 0 amide bonds. The summed E-state index contributed by atoms with van der Waals surface area (Å²) in [6, 6.07) is 6.45. The van der Waals surface area contributed by atoms with Crippen molar-refractivity contribution in [2.75, 3.05) is 18.6 Å². The van der Waals surface area contributed by atoms with Crippen LogP contribution >= 0.6 is 0 Å². The minimum absolute atomic E-state index is 0.0837. The summed E-state index contributed by atoms with van der Waals surface area (Å²) in [6.07, 6.45) is 4.44. The Balaban J connectivity index is 1.60. The summed E-state index contributed by atoms with van der Waals surface area (Å²) >= 11 is 0. The largest absolute Gasteiger partial charge is 0.298 e. The highest BCUT2D eigenvalue weighted by Gasteiger charge is 2.30. The lowest BCUT2D eigenvalue weighted by atomic mass is 10.2. The van der Waals surface area contributed by atoms with E-state index in [0.29, 0.717) is 19.5 Å². The van der Waals surface area contributed by atoms with E-state index in [2.05, 4.69) is 10.00 Å². The van der Waals surface area contributed by atoms with Crippen LogP contribution in [-0.2, 0) is 22.9 Å². The van der Waals surface area contributed by atoms with Crippen molar-refractivity contribution >= 4 is 9.84 Å². The smallest absolute Gasteiger partial charge is 0.151 e. The molecule has 0 saturated carbocycles. The van der Waals surface area contributed by atoms with Crippen LogP contribution < -0.4 is 0 Å². The topological polar surface area (TPSA) is 55.2 Å². The summed E-state index contributed by atoms with van der Waals surface area (Å²) < 4.78 is 37.8. The van der Waals surface area contributed by atoms with Crippen LogP contribution in [0.1, 0.15) is 17.5 Å². The second-order valence-electron chi connectivity index (χ2n) is 6.14. The summed E-state index contributed by atoms with van der Waals surface area (Å²) in [5.74, 6) is 0.280. The zero-order chi connectivity index (χ0) is 16.4. The molecule has 0 N–H and O–H groups in total. The number of hydrogen-bond acceptors (Lipinski definition) is 4. The Labute approximate surface area is 135 Å². The lowest BCUT2D eigenvalue weighted by molar-refractivity contribution is 0.254. The number of sulfone groups is 1. The first kappa shape index (κ1) is 16.1. The SMILES string of the molecule is CN(Cc1cnn(Cc2ccc(F)cc2)c1)[C@H]1CCS(=O)(=O)C1. The molecule has 1 aromatic carbocycles. The minimum atomic E-state index is -2.86. The molecule has 2 aromatic rings. The predicted molar refractivity (Wildman–Crippen MR) is 86.3 cm³/mol. The molecule has 0 radical (unpaired) electrons. The van der Waals surface area contributed by atoms with Crippen molar-refractivity contribution in [3.63, 3.8) is 0 Å². The van der Waals surface area contributed by atoms with Crippen LogP contribution in [-0.4, -0.2) is 47.7 Å². The molecule has 0 bridgehead atoms. The highest BCUT2D eigenvalue weighted by molar-refractivity contribution is 7.91. The second kappa shape index (κ2) is 6.41. The van der Waals surface area contributed by atoms with Crippen LogP contribution in [0.5, 0.6) is 0 Å². The van der Waals surface area contributed by atoms with E-state index in [-0.39, 0.29) is 23.4 Å². The molecule has 3 rings (SSSR count). The van der Waals surface area contributed by atoms with Crippen molar-refractivity contribution in [1.82, 2.24) is 14.7 Å². The van der Waals surface area contributed by atoms with Gasteiger partial charge in [0.05, 0.1) is 24.2 Å². The van der Waals surface area contributed by atoms with Gasteiger partial charge in [0.2, 0.25) is 0 Å². The summed E-state index contributed by atoms with van der Waals surface area (Å²) in [5.41, 5.74) is 2.02. The van der Waals surface area contributed by atoms with Crippen molar-refractivity contribution in [2.24, 2.45) is 0 Å². The molecular formula is C16H20FN3O2S. The van der Waals surface area contributed by atoms with Gasteiger partial charge in [-0.25, -0.2) is 12.8 Å². The number of halogens is 1. The third kappa shape index (κ3) is 4.17. The molecule has 1 saturated heterocycles. The molecule has 1 atom stereocenters. The Morgan fingerprint density at radius 2 is 2.04 bits per heavy atom. The van der Waals surface area contributed by atoms with Gasteiger partial charge in [0.1, 0.15) is 5.82 Å². The van der Waals surface area contributed by atoms with Gasteiger partial charge in [0, 0.05) is 24.3 Å². The lowest BCUT2D eigenvalue weighted by Crippen LogP contribution is -2.31. The number of aromatic nitrogens is 2.